The fraction of sp³-hybridized carbons (Fsp3) is 0.286. The molecule has 0 aliphatic carbocycles. The molecule has 4 aromatic rings. The monoisotopic (exact) mass is 375 g/mol. The van der Waals surface area contributed by atoms with E-state index in [9.17, 15) is 4.79 Å². The van der Waals surface area contributed by atoms with Gasteiger partial charge in [-0.3, -0.25) is 0 Å². The second kappa shape index (κ2) is 6.45. The Kier molecular flexibility index (Phi) is 3.91. The summed E-state index contributed by atoms with van der Waals surface area (Å²) in [6.45, 7) is 4.99. The number of anilines is 1. The van der Waals surface area contributed by atoms with Crippen molar-refractivity contribution in [1.29, 1.82) is 0 Å². The molecule has 0 bridgehead atoms. The molecule has 7 nitrogen and oxygen atoms in total. The summed E-state index contributed by atoms with van der Waals surface area (Å²) in [5.41, 5.74) is 1.77. The van der Waals surface area contributed by atoms with Crippen molar-refractivity contribution >= 4 is 22.6 Å². The number of hydrogen-bond acceptors (Lipinski definition) is 6. The van der Waals surface area contributed by atoms with Crippen LogP contribution in [0.2, 0.25) is 0 Å². The van der Waals surface area contributed by atoms with Gasteiger partial charge in [0.25, 0.3) is 0 Å². The van der Waals surface area contributed by atoms with Crippen molar-refractivity contribution in [1.82, 2.24) is 19.3 Å². The molecular formula is C21H21N5O2. The van der Waals surface area contributed by atoms with E-state index in [1.54, 1.807) is 0 Å². The average Bonchev–Trinajstić information content (AvgIpc) is 3.13. The zero-order valence-corrected chi connectivity index (χ0v) is 15.9. The first kappa shape index (κ1) is 16.9. The third kappa shape index (κ3) is 2.84. The normalized spacial score (nSPS) is 18.2. The molecule has 5 rings (SSSR count). The first-order valence-electron chi connectivity index (χ1n) is 9.43. The lowest BCUT2D eigenvalue weighted by Crippen LogP contribution is -2.50. The fourth-order valence-electron chi connectivity index (χ4n) is 3.67. The smallest absolute Gasteiger partial charge is 0.347 e. The Bertz CT molecular complexity index is 1200. The van der Waals surface area contributed by atoms with Crippen LogP contribution in [0.25, 0.3) is 28.0 Å². The van der Waals surface area contributed by atoms with Crippen molar-refractivity contribution in [2.45, 2.75) is 13.0 Å². The lowest BCUT2D eigenvalue weighted by molar-refractivity contribution is 0.233. The van der Waals surface area contributed by atoms with Gasteiger partial charge in [-0.05, 0) is 44.3 Å². The van der Waals surface area contributed by atoms with Crippen LogP contribution in [0, 0.1) is 0 Å². The van der Waals surface area contributed by atoms with Crippen LogP contribution in [0.1, 0.15) is 6.92 Å². The number of imidazole rings is 1. The molecule has 0 amide bonds. The molecule has 0 saturated carbocycles. The summed E-state index contributed by atoms with van der Waals surface area (Å²) in [7, 11) is 2.13. The Hall–Kier alpha value is -3.19. The van der Waals surface area contributed by atoms with E-state index in [4.69, 9.17) is 4.42 Å². The molecular weight excluding hydrogens is 354 g/mol. The van der Waals surface area contributed by atoms with Gasteiger partial charge < -0.3 is 18.6 Å². The van der Waals surface area contributed by atoms with Crippen molar-refractivity contribution in [2.75, 3.05) is 31.6 Å². The molecule has 5 heterocycles. The number of pyridine rings is 2. The highest BCUT2D eigenvalue weighted by atomic mass is 16.4. The van der Waals surface area contributed by atoms with Gasteiger partial charge in [-0.1, -0.05) is 6.07 Å². The molecule has 0 aromatic carbocycles. The molecule has 0 spiro atoms. The number of nitrogens with zero attached hydrogens (tertiary/aromatic N) is 5. The van der Waals surface area contributed by atoms with Crippen LogP contribution in [0.5, 0.6) is 0 Å². The molecule has 28 heavy (non-hydrogen) atoms. The summed E-state index contributed by atoms with van der Waals surface area (Å²) in [6.07, 6.45) is 3.74. The molecule has 0 radical (unpaired) electrons. The predicted molar refractivity (Wildman–Crippen MR) is 109 cm³/mol. The van der Waals surface area contributed by atoms with Crippen molar-refractivity contribution in [3.8, 4) is 11.3 Å². The van der Waals surface area contributed by atoms with Gasteiger partial charge in [-0.15, -0.1) is 0 Å². The van der Waals surface area contributed by atoms with E-state index in [1.165, 1.54) is 0 Å². The standard InChI is InChI=1S/C21H21N5O2/c1-14-12-26(10-9-24(14)2)19-7-6-15-11-16(21(27)28-20(15)23-19)17-13-25-8-4-3-5-18(25)22-17/h3-8,11,13-14H,9-10,12H2,1-2H3/t14-/m1/s1. The van der Waals surface area contributed by atoms with Gasteiger partial charge in [0.05, 0.1) is 11.3 Å². The van der Waals surface area contributed by atoms with Crippen LogP contribution in [-0.4, -0.2) is 52.0 Å². The molecule has 0 unspecified atom stereocenters. The molecule has 142 valence electrons. The van der Waals surface area contributed by atoms with E-state index >= 15 is 0 Å². The van der Waals surface area contributed by atoms with Crippen molar-refractivity contribution < 1.29 is 4.42 Å². The lowest BCUT2D eigenvalue weighted by atomic mass is 10.1. The summed E-state index contributed by atoms with van der Waals surface area (Å²) in [5, 5.41) is 0.789. The molecule has 1 aliphatic rings. The number of rotatable bonds is 2. The summed E-state index contributed by atoms with van der Waals surface area (Å²) in [4.78, 5) is 26.3. The molecule has 1 atom stereocenters. The molecule has 1 saturated heterocycles. The van der Waals surface area contributed by atoms with E-state index in [0.29, 0.717) is 23.0 Å². The van der Waals surface area contributed by atoms with Crippen LogP contribution in [-0.2, 0) is 0 Å². The van der Waals surface area contributed by atoms with Crippen molar-refractivity contribution in [3.63, 3.8) is 0 Å². The second-order valence-electron chi connectivity index (χ2n) is 7.38. The van der Waals surface area contributed by atoms with Crippen LogP contribution < -0.4 is 10.5 Å². The van der Waals surface area contributed by atoms with Crippen LogP contribution in [0.3, 0.4) is 0 Å². The number of piperazine rings is 1. The first-order chi connectivity index (χ1) is 13.6. The summed E-state index contributed by atoms with van der Waals surface area (Å²) in [5.74, 6) is 0.844. The van der Waals surface area contributed by atoms with E-state index in [0.717, 1.165) is 36.5 Å². The highest BCUT2D eigenvalue weighted by Crippen LogP contribution is 2.23. The van der Waals surface area contributed by atoms with Crippen molar-refractivity contribution in [3.05, 3.63) is 59.2 Å². The summed E-state index contributed by atoms with van der Waals surface area (Å²) < 4.78 is 7.45. The molecule has 0 N–H and O–H groups in total. The number of likely N-dealkylation sites (N-methyl/N-ethyl adjacent to an activating group) is 1. The fourth-order valence-corrected chi connectivity index (χ4v) is 3.67. The zero-order chi connectivity index (χ0) is 19.3. The maximum Gasteiger partial charge on any atom is 0.347 e. The van der Waals surface area contributed by atoms with Gasteiger partial charge in [0, 0.05) is 43.5 Å². The quantitative estimate of drug-likeness (QED) is 0.537. The van der Waals surface area contributed by atoms with Gasteiger partial charge in [0.1, 0.15) is 11.5 Å². The van der Waals surface area contributed by atoms with Gasteiger partial charge in [0.2, 0.25) is 5.71 Å². The Morgan fingerprint density at radius 1 is 1.14 bits per heavy atom. The molecule has 7 heteroatoms. The third-order valence-corrected chi connectivity index (χ3v) is 5.51. The van der Waals surface area contributed by atoms with Gasteiger partial charge in [-0.2, -0.15) is 4.98 Å². The topological polar surface area (TPSA) is 66.9 Å². The Labute approximate surface area is 161 Å². The largest absolute Gasteiger partial charge is 0.403 e. The predicted octanol–water partition coefficient (Wildman–Crippen LogP) is 2.64. The summed E-state index contributed by atoms with van der Waals surface area (Å²) in [6, 6.07) is 12.0. The number of fused-ring (bicyclic) bond motifs is 2. The van der Waals surface area contributed by atoms with Crippen LogP contribution in [0.4, 0.5) is 5.82 Å². The minimum atomic E-state index is -0.424. The van der Waals surface area contributed by atoms with Crippen molar-refractivity contribution in [2.24, 2.45) is 0 Å². The maximum absolute atomic E-state index is 12.6. The van der Waals surface area contributed by atoms with E-state index in [-0.39, 0.29) is 0 Å². The molecule has 1 fully saturated rings. The minimum absolute atomic E-state index is 0.363. The van der Waals surface area contributed by atoms with Gasteiger partial charge in [0.15, 0.2) is 0 Å². The molecule has 1 aliphatic heterocycles. The third-order valence-electron chi connectivity index (χ3n) is 5.51. The Morgan fingerprint density at radius 2 is 2.04 bits per heavy atom. The Balaban J connectivity index is 1.54. The average molecular weight is 375 g/mol. The summed E-state index contributed by atoms with van der Waals surface area (Å²) >= 11 is 0. The lowest BCUT2D eigenvalue weighted by Gasteiger charge is -2.38. The highest BCUT2D eigenvalue weighted by Gasteiger charge is 2.22. The van der Waals surface area contributed by atoms with E-state index in [2.05, 4.69) is 33.7 Å². The van der Waals surface area contributed by atoms with Crippen LogP contribution >= 0.6 is 0 Å². The SMILES string of the molecule is C[C@@H]1CN(c2ccc3cc(-c4cn5ccccc5n4)c(=O)oc3n2)CCN1C. The highest BCUT2D eigenvalue weighted by molar-refractivity contribution is 5.80. The minimum Gasteiger partial charge on any atom is -0.403 e. The maximum atomic E-state index is 12.6. The zero-order valence-electron chi connectivity index (χ0n) is 15.9. The van der Waals surface area contributed by atoms with E-state index in [1.807, 2.05) is 53.2 Å². The van der Waals surface area contributed by atoms with Gasteiger partial charge in [-0.25, -0.2) is 9.78 Å². The van der Waals surface area contributed by atoms with Gasteiger partial charge >= 0.3 is 5.63 Å². The second-order valence-corrected chi connectivity index (χ2v) is 7.38. The number of aromatic nitrogens is 3. The number of hydrogen-bond donors (Lipinski definition) is 0. The van der Waals surface area contributed by atoms with E-state index < -0.39 is 5.63 Å². The molecule has 4 aromatic heterocycles. The Morgan fingerprint density at radius 3 is 2.86 bits per heavy atom. The first-order valence-corrected chi connectivity index (χ1v) is 9.43. The van der Waals surface area contributed by atoms with Crippen LogP contribution in [0.15, 0.2) is 58.0 Å².